The minimum atomic E-state index is -1.18. The van der Waals surface area contributed by atoms with Crippen molar-refractivity contribution in [2.24, 2.45) is 0 Å². The predicted molar refractivity (Wildman–Crippen MR) is 300 cm³/mol. The molecule has 0 bridgehead atoms. The molecule has 0 saturated carbocycles. The highest BCUT2D eigenvalue weighted by molar-refractivity contribution is 5.87. The fourth-order valence-electron chi connectivity index (χ4n) is 12.2. The van der Waals surface area contributed by atoms with Crippen LogP contribution in [0.1, 0.15) is 227 Å². The molecule has 1 atom stereocenters. The third-order valence-electron chi connectivity index (χ3n) is 17.6. The van der Waals surface area contributed by atoms with Crippen molar-refractivity contribution >= 4 is 12.4 Å². The van der Waals surface area contributed by atoms with E-state index in [1.54, 1.807) is 0 Å². The first-order valence-electron chi connectivity index (χ1n) is 28.8. The van der Waals surface area contributed by atoms with Crippen LogP contribution in [-0.4, -0.2) is 100 Å². The van der Waals surface area contributed by atoms with E-state index in [0.29, 0.717) is 0 Å². The summed E-state index contributed by atoms with van der Waals surface area (Å²) in [7, 11) is 0. The van der Waals surface area contributed by atoms with E-state index in [4.69, 9.17) is 9.47 Å². The first-order valence-corrected chi connectivity index (χ1v) is 28.8. The van der Waals surface area contributed by atoms with Crippen molar-refractivity contribution in [3.8, 4) is 22.6 Å². The van der Waals surface area contributed by atoms with Gasteiger partial charge in [0.05, 0.1) is 63.5 Å². The lowest BCUT2D eigenvalue weighted by Crippen LogP contribution is -2.61. The van der Waals surface area contributed by atoms with Crippen LogP contribution in [0, 0.1) is 6.92 Å². The Balaban J connectivity index is 1.53. The predicted octanol–water partition coefficient (Wildman–Crippen LogP) is 15.3. The summed E-state index contributed by atoms with van der Waals surface area (Å²) in [6, 6.07) is 15.9. The van der Waals surface area contributed by atoms with Gasteiger partial charge in [-0.05, 0) is 108 Å². The standard InChI is InChI=1S/C64H104N4O2/c1-18-24-35-67(36-25-19-2,37-26-20-3)41-33-50-31-30-32-51(34-42-68(38-27-21-4,39-28-22-5)40-29-23-6)57(50)52-43-49(7)58-53(44-52)47-65-62(14,15)63(16,17)66-48-54-45-55(60(8,9)10)46-56(61(11,12)13)59(54)70-64(65,66)69-58/h30-32,43-48H,18-29,33-42H2,1-17H3/q+4. The van der Waals surface area contributed by atoms with Gasteiger partial charge in [-0.2, -0.15) is 0 Å². The molecule has 0 radical (unpaired) electrons. The summed E-state index contributed by atoms with van der Waals surface area (Å²) in [5.41, 5.74) is 11.0. The third kappa shape index (κ3) is 11.3. The lowest BCUT2D eigenvalue weighted by Gasteiger charge is -2.40. The Bertz CT molecular complexity index is 2220. The van der Waals surface area contributed by atoms with Gasteiger partial charge in [-0.3, -0.25) is 0 Å². The minimum absolute atomic E-state index is 0.00593. The van der Waals surface area contributed by atoms with Crippen molar-refractivity contribution < 1.29 is 27.6 Å². The Morgan fingerprint density at radius 3 is 1.29 bits per heavy atom. The van der Waals surface area contributed by atoms with Gasteiger partial charge in [0, 0.05) is 46.1 Å². The van der Waals surface area contributed by atoms with Crippen LogP contribution < -0.4 is 9.47 Å². The highest BCUT2D eigenvalue weighted by Crippen LogP contribution is 2.52. The van der Waals surface area contributed by atoms with Gasteiger partial charge in [-0.1, -0.05) is 155 Å². The number of hydrogen-bond acceptors (Lipinski definition) is 2. The summed E-state index contributed by atoms with van der Waals surface area (Å²) in [6.45, 7) is 50.0. The molecular formula is C64H104N4O2+4. The molecule has 1 spiro atoms. The summed E-state index contributed by atoms with van der Waals surface area (Å²) in [4.78, 5) is 0. The smallest absolute Gasteiger partial charge is 0.340 e. The second kappa shape index (κ2) is 22.3. The highest BCUT2D eigenvalue weighted by Gasteiger charge is 2.83. The summed E-state index contributed by atoms with van der Waals surface area (Å²) in [5, 5.41) is 0. The van der Waals surface area contributed by atoms with Crippen molar-refractivity contribution in [2.45, 2.75) is 236 Å². The largest absolute Gasteiger partial charge is 0.705 e. The Morgan fingerprint density at radius 1 is 0.500 bits per heavy atom. The van der Waals surface area contributed by atoms with Crippen molar-refractivity contribution in [3.63, 3.8) is 0 Å². The van der Waals surface area contributed by atoms with Crippen LogP contribution in [-0.2, 0) is 23.7 Å². The third-order valence-corrected chi connectivity index (χ3v) is 17.6. The van der Waals surface area contributed by atoms with Crippen molar-refractivity contribution in [1.82, 2.24) is 0 Å². The number of quaternary nitrogens is 2. The Labute approximate surface area is 430 Å². The zero-order valence-corrected chi connectivity index (χ0v) is 48.4. The molecule has 1 unspecified atom stereocenters. The number of fused-ring (bicyclic) bond motifs is 2. The zero-order valence-electron chi connectivity index (χ0n) is 48.4. The Kier molecular flexibility index (Phi) is 17.8. The Morgan fingerprint density at radius 2 is 0.900 bits per heavy atom. The lowest BCUT2D eigenvalue weighted by molar-refractivity contribution is -0.928. The fourth-order valence-corrected chi connectivity index (χ4v) is 12.2. The van der Waals surface area contributed by atoms with Gasteiger partial charge < -0.3 is 18.4 Å². The number of ether oxygens (including phenoxy) is 2. The van der Waals surface area contributed by atoms with Gasteiger partial charge in [-0.15, -0.1) is 0 Å². The van der Waals surface area contributed by atoms with Crippen LogP contribution in [0.5, 0.6) is 11.5 Å². The molecule has 1 saturated heterocycles. The quantitative estimate of drug-likeness (QED) is 0.0624. The average molecular weight is 962 g/mol. The van der Waals surface area contributed by atoms with Crippen LogP contribution >= 0.6 is 0 Å². The highest BCUT2D eigenvalue weighted by atomic mass is 16.7. The van der Waals surface area contributed by atoms with Crippen LogP contribution in [0.2, 0.25) is 0 Å². The number of nitrogens with zero attached hydrogens (tertiary/aromatic N) is 4. The molecular weight excluding hydrogens is 857 g/mol. The van der Waals surface area contributed by atoms with Crippen LogP contribution in [0.3, 0.4) is 0 Å². The number of hydrogen-bond donors (Lipinski definition) is 0. The maximum atomic E-state index is 7.59. The normalized spacial score (nSPS) is 18.3. The lowest BCUT2D eigenvalue weighted by atomic mass is 9.78. The molecule has 1 fully saturated rings. The maximum Gasteiger partial charge on any atom is 0.705 e. The van der Waals surface area contributed by atoms with E-state index in [2.05, 4.69) is 182 Å². The molecule has 0 amide bonds. The molecule has 3 aromatic rings. The summed E-state index contributed by atoms with van der Waals surface area (Å²) < 4.78 is 22.5. The van der Waals surface area contributed by atoms with E-state index in [-0.39, 0.29) is 21.9 Å². The number of unbranched alkanes of at least 4 members (excludes halogenated alkanes) is 6. The number of aryl methyl sites for hydroxylation is 1. The molecule has 0 aliphatic carbocycles. The van der Waals surface area contributed by atoms with Crippen LogP contribution in [0.15, 0.2) is 42.5 Å². The summed E-state index contributed by atoms with van der Waals surface area (Å²) in [6.07, 6.45) is 22.3. The zero-order chi connectivity index (χ0) is 51.3. The molecule has 0 N–H and O–H groups in total. The molecule has 0 aromatic heterocycles. The van der Waals surface area contributed by atoms with E-state index in [1.807, 2.05) is 0 Å². The van der Waals surface area contributed by atoms with Gasteiger partial charge in [0.1, 0.15) is 0 Å². The first-order chi connectivity index (χ1) is 33.0. The molecule has 388 valence electrons. The molecule has 3 aliphatic heterocycles. The van der Waals surface area contributed by atoms with E-state index in [1.165, 1.54) is 172 Å². The minimum Gasteiger partial charge on any atom is -0.340 e. The van der Waals surface area contributed by atoms with E-state index < -0.39 is 6.03 Å². The monoisotopic (exact) mass is 961 g/mol. The molecule has 6 rings (SSSR count). The molecule has 6 nitrogen and oxygen atoms in total. The van der Waals surface area contributed by atoms with Gasteiger partial charge in [0.25, 0.3) is 0 Å². The van der Waals surface area contributed by atoms with Gasteiger partial charge in [0.2, 0.25) is 11.1 Å². The molecule has 3 heterocycles. The first kappa shape index (κ1) is 55.8. The SMILES string of the molecule is CCCC[N+](CCCC)(CCCC)CCc1cccc(CC[N+](CCCC)(CCCC)CCCC)c1-c1cc(C)c2c(c1)C=[N+]1C3(O2)Oc2c(cc(C(C)(C)C)cc2C(C)(C)C)C=[N+]3C(C)(C)C1(C)C. The summed E-state index contributed by atoms with van der Waals surface area (Å²) >= 11 is 0. The van der Waals surface area contributed by atoms with Crippen LogP contribution in [0.4, 0.5) is 0 Å². The van der Waals surface area contributed by atoms with Crippen molar-refractivity contribution in [2.75, 3.05) is 52.4 Å². The summed E-state index contributed by atoms with van der Waals surface area (Å²) in [5.74, 6) is 1.85. The molecule has 6 heteroatoms. The van der Waals surface area contributed by atoms with E-state index in [0.717, 1.165) is 41.0 Å². The maximum absolute atomic E-state index is 7.59. The second-order valence-electron chi connectivity index (χ2n) is 25.6. The number of rotatable bonds is 25. The fraction of sp³-hybridized carbons (Fsp3) is 0.688. The van der Waals surface area contributed by atoms with Gasteiger partial charge in [0.15, 0.2) is 23.9 Å². The van der Waals surface area contributed by atoms with Crippen molar-refractivity contribution in [3.05, 3.63) is 81.4 Å². The van der Waals surface area contributed by atoms with Gasteiger partial charge >= 0.3 is 6.03 Å². The van der Waals surface area contributed by atoms with E-state index >= 15 is 0 Å². The molecule has 3 aliphatic rings. The van der Waals surface area contributed by atoms with Crippen molar-refractivity contribution in [1.29, 1.82) is 0 Å². The second-order valence-corrected chi connectivity index (χ2v) is 25.6. The van der Waals surface area contributed by atoms with Crippen LogP contribution in [0.25, 0.3) is 11.1 Å². The topological polar surface area (TPSA) is 24.5 Å². The molecule has 70 heavy (non-hydrogen) atoms. The molecule has 3 aromatic carbocycles. The average Bonchev–Trinajstić information content (AvgIpc) is 3.44. The van der Waals surface area contributed by atoms with E-state index in [9.17, 15) is 0 Å². The van der Waals surface area contributed by atoms with Gasteiger partial charge in [-0.25, -0.2) is 0 Å². The number of benzene rings is 3. The Hall–Kier alpha value is -3.48.